The van der Waals surface area contributed by atoms with Crippen molar-refractivity contribution in [3.05, 3.63) is 106 Å². The summed E-state index contributed by atoms with van der Waals surface area (Å²) < 4.78 is 28.8. The first kappa shape index (κ1) is 57.0. The number of hydrogen-bond donors (Lipinski definition) is 0. The molecular weight excluding hydrogens is 788 g/mol. The van der Waals surface area contributed by atoms with Gasteiger partial charge in [-0.3, -0.25) is 19.2 Å². The van der Waals surface area contributed by atoms with Crippen molar-refractivity contribution in [1.82, 2.24) is 0 Å². The van der Waals surface area contributed by atoms with E-state index in [2.05, 4.69) is 41.5 Å². The predicted molar refractivity (Wildman–Crippen MR) is 253 cm³/mol. The number of esters is 3. The minimum Gasteiger partial charge on any atom is -0.460 e. The van der Waals surface area contributed by atoms with Gasteiger partial charge in [-0.1, -0.05) is 138 Å². The molecule has 0 saturated carbocycles. The molecule has 0 aliphatic carbocycles. The molecule has 0 radical (unpaired) electrons. The van der Waals surface area contributed by atoms with Crippen molar-refractivity contribution in [3.63, 3.8) is 0 Å². The number of Topliss-reactive ketones (excluding diaryl/α,β-unsaturated/α-hetero) is 1. The van der Waals surface area contributed by atoms with Gasteiger partial charge in [0.1, 0.15) is 17.0 Å². The van der Waals surface area contributed by atoms with Crippen LogP contribution in [0.3, 0.4) is 0 Å². The zero-order chi connectivity index (χ0) is 47.1. The van der Waals surface area contributed by atoms with E-state index in [4.69, 9.17) is 31.9 Å². The fourth-order valence-electron chi connectivity index (χ4n) is 5.45. The summed E-state index contributed by atoms with van der Waals surface area (Å²) in [5.74, 6) is -1.16. The normalized spacial score (nSPS) is 12.4. The molecule has 344 valence electrons. The van der Waals surface area contributed by atoms with Gasteiger partial charge in [-0.15, -0.1) is 0 Å². The number of halogens is 1. The van der Waals surface area contributed by atoms with E-state index >= 15 is 0 Å². The molecule has 0 N–H and O–H groups in total. The molecule has 0 amide bonds. The molecule has 3 aromatic carbocycles. The molecule has 0 saturated heterocycles. The number of benzene rings is 3. The third-order valence-electron chi connectivity index (χ3n) is 8.04. The summed E-state index contributed by atoms with van der Waals surface area (Å²) in [5.41, 5.74) is 1.38. The zero-order valence-electron chi connectivity index (χ0n) is 40.5. The Hall–Kier alpha value is -4.01. The van der Waals surface area contributed by atoms with Gasteiger partial charge in [-0.2, -0.15) is 0 Å². The van der Waals surface area contributed by atoms with Crippen LogP contribution >= 0.6 is 11.6 Å². The standard InChI is InChI=1S/C28H29ClO4.C10H18O3.C7H16.C6H14O.CH4/c1-20-14-16-22(17-15-20)28(21-10-6-5-7-11-21,23-12-8-9-13-24(23)29)33-26(31)19-18-25(30)32-27(2,3)4;1-5-8(11)6-7-9(12)13-10(2,3)4;1-5-6-7(2,3)4;1-5-7-6(2,3)4;/h5-17H,18-19H2,1-4H3;5-7H2,1-4H3;5-6H2,1-4H3;5H2,1-4H3;1H4/i;;1D;;. The van der Waals surface area contributed by atoms with E-state index in [9.17, 15) is 19.2 Å². The Morgan fingerprint density at radius 3 is 1.41 bits per heavy atom. The van der Waals surface area contributed by atoms with Crippen molar-refractivity contribution in [2.45, 2.75) is 186 Å². The molecule has 61 heavy (non-hydrogen) atoms. The Balaban J connectivity index is 0. The molecule has 0 heterocycles. The van der Waals surface area contributed by atoms with Gasteiger partial charge in [0.15, 0.2) is 5.60 Å². The molecule has 0 fully saturated rings. The summed E-state index contributed by atoms with van der Waals surface area (Å²) in [7, 11) is 0. The van der Waals surface area contributed by atoms with Crippen LogP contribution in [0.25, 0.3) is 0 Å². The molecule has 1 unspecified atom stereocenters. The van der Waals surface area contributed by atoms with Crippen LogP contribution in [-0.4, -0.2) is 47.1 Å². The molecule has 0 aromatic heterocycles. The van der Waals surface area contributed by atoms with Gasteiger partial charge < -0.3 is 18.9 Å². The van der Waals surface area contributed by atoms with Crippen molar-refractivity contribution in [2.75, 3.05) is 6.61 Å². The van der Waals surface area contributed by atoms with E-state index < -0.39 is 28.7 Å². The third kappa shape index (κ3) is 26.8. The summed E-state index contributed by atoms with van der Waals surface area (Å²) in [4.78, 5) is 47.3. The monoisotopic (exact) mass is 870 g/mol. The maximum atomic E-state index is 13.2. The quantitative estimate of drug-likeness (QED) is 0.0950. The molecule has 1 atom stereocenters. The van der Waals surface area contributed by atoms with Crippen LogP contribution in [0.15, 0.2) is 78.9 Å². The molecule has 0 aliphatic rings. The van der Waals surface area contributed by atoms with Gasteiger partial charge in [0, 0.05) is 42.5 Å². The summed E-state index contributed by atoms with van der Waals surface area (Å²) in [6, 6.07) is 24.6. The Bertz CT molecular complexity index is 1730. The minimum atomic E-state index is -1.28. The highest BCUT2D eigenvalue weighted by molar-refractivity contribution is 6.31. The molecule has 3 rings (SSSR count). The molecule has 0 aliphatic heterocycles. The van der Waals surface area contributed by atoms with Crippen LogP contribution in [0.1, 0.15) is 180 Å². The fourth-order valence-corrected chi connectivity index (χ4v) is 5.72. The lowest BCUT2D eigenvalue weighted by Gasteiger charge is -2.36. The number of carbonyl (C=O) groups excluding carboxylic acids is 4. The van der Waals surface area contributed by atoms with Gasteiger partial charge in [-0.05, 0) is 94.1 Å². The smallest absolute Gasteiger partial charge is 0.307 e. The Labute approximate surface area is 377 Å². The molecule has 3 aromatic rings. The van der Waals surface area contributed by atoms with Crippen molar-refractivity contribution in [1.29, 1.82) is 0 Å². The van der Waals surface area contributed by atoms with Crippen LogP contribution in [0.4, 0.5) is 0 Å². The predicted octanol–water partition coefficient (Wildman–Crippen LogP) is 14.0. The lowest BCUT2D eigenvalue weighted by Crippen LogP contribution is -2.36. The van der Waals surface area contributed by atoms with Crippen LogP contribution in [-0.2, 0) is 43.7 Å². The maximum absolute atomic E-state index is 13.2. The number of carbonyl (C=O) groups is 4. The lowest BCUT2D eigenvalue weighted by molar-refractivity contribution is -0.161. The second-order valence-electron chi connectivity index (χ2n) is 18.6. The topological polar surface area (TPSA) is 105 Å². The Morgan fingerprint density at radius 1 is 0.590 bits per heavy atom. The minimum absolute atomic E-state index is 0. The summed E-state index contributed by atoms with van der Waals surface area (Å²) >= 11 is 6.66. The zero-order valence-corrected chi connectivity index (χ0v) is 40.3. The van der Waals surface area contributed by atoms with Crippen molar-refractivity contribution in [2.24, 2.45) is 5.41 Å². The van der Waals surface area contributed by atoms with Gasteiger partial charge >= 0.3 is 17.9 Å². The Morgan fingerprint density at radius 2 is 1.03 bits per heavy atom. The van der Waals surface area contributed by atoms with E-state index in [1.165, 1.54) is 6.42 Å². The first-order chi connectivity index (χ1) is 28.1. The van der Waals surface area contributed by atoms with Gasteiger partial charge in [0.2, 0.25) is 0 Å². The van der Waals surface area contributed by atoms with Crippen LogP contribution in [0, 0.1) is 12.3 Å². The van der Waals surface area contributed by atoms with E-state index in [0.29, 0.717) is 35.7 Å². The largest absolute Gasteiger partial charge is 0.460 e. The van der Waals surface area contributed by atoms with Gasteiger partial charge in [-0.25, -0.2) is 0 Å². The second kappa shape index (κ2) is 27.8. The number of hydrogen-bond acceptors (Lipinski definition) is 8. The van der Waals surface area contributed by atoms with Gasteiger partial charge in [0.25, 0.3) is 0 Å². The summed E-state index contributed by atoms with van der Waals surface area (Å²) in [5, 5.41) is 0.474. The first-order valence-electron chi connectivity index (χ1n) is 21.8. The van der Waals surface area contributed by atoms with Crippen LogP contribution < -0.4 is 0 Å². The second-order valence-corrected chi connectivity index (χ2v) is 19.0. The maximum Gasteiger partial charge on any atom is 0.307 e. The van der Waals surface area contributed by atoms with Crippen molar-refractivity contribution >= 4 is 35.3 Å². The Kier molecular flexibility index (Phi) is 26.0. The SMILES string of the molecule is C.CCC(=O)CCC(=O)OC(C)(C)C.CCOC(C)(C)C.Cc1ccc(C(OC(=O)CCC(=O)OC(C)(C)C)(c2ccccc2)c2ccccc2Cl)cc1.[2H]CCCC(C)(C)C. The van der Waals surface area contributed by atoms with Crippen molar-refractivity contribution in [3.8, 4) is 0 Å². The highest BCUT2D eigenvalue weighted by Crippen LogP contribution is 2.44. The van der Waals surface area contributed by atoms with Crippen LogP contribution in [0.5, 0.6) is 0 Å². The molecule has 9 heteroatoms. The third-order valence-corrected chi connectivity index (χ3v) is 8.37. The number of rotatable bonds is 13. The molecule has 0 spiro atoms. The summed E-state index contributed by atoms with van der Waals surface area (Å²) in [6.45, 7) is 30.8. The average molecular weight is 871 g/mol. The average Bonchev–Trinajstić information content (AvgIpc) is 3.14. The number of ketones is 1. The van der Waals surface area contributed by atoms with E-state index in [-0.39, 0.29) is 44.0 Å². The first-order valence-corrected chi connectivity index (χ1v) is 21.4. The van der Waals surface area contributed by atoms with E-state index in [1.54, 1.807) is 33.8 Å². The molecule has 0 bridgehead atoms. The highest BCUT2D eigenvalue weighted by Gasteiger charge is 2.42. The molecular formula is C52H81ClO8. The van der Waals surface area contributed by atoms with E-state index in [0.717, 1.165) is 29.7 Å². The molecule has 8 nitrogen and oxygen atoms in total. The van der Waals surface area contributed by atoms with E-state index in [1.807, 2.05) is 107 Å². The number of ether oxygens (including phenoxy) is 4. The van der Waals surface area contributed by atoms with Crippen molar-refractivity contribution < 1.29 is 39.5 Å². The van der Waals surface area contributed by atoms with Crippen LogP contribution in [0.2, 0.25) is 5.02 Å². The highest BCUT2D eigenvalue weighted by atomic mass is 35.5. The lowest BCUT2D eigenvalue weighted by atomic mass is 9.79. The number of aryl methyl sites for hydroxylation is 1. The fraction of sp³-hybridized carbons (Fsp3) is 0.577. The van der Waals surface area contributed by atoms with Gasteiger partial charge in [0.05, 0.1) is 24.9 Å². The summed E-state index contributed by atoms with van der Waals surface area (Å²) in [6.07, 6.45) is 3.02.